The minimum atomic E-state index is -0.580. The third kappa shape index (κ3) is 3.00. The number of nitrogens with one attached hydrogen (secondary N) is 1. The summed E-state index contributed by atoms with van der Waals surface area (Å²) in [6.07, 6.45) is 3.39. The van der Waals surface area contributed by atoms with Gasteiger partial charge >= 0.3 is 0 Å². The largest absolute Gasteiger partial charge is 0.505 e. The van der Waals surface area contributed by atoms with Gasteiger partial charge in [0, 0.05) is 18.7 Å². The number of hydrogen-bond donors (Lipinski definition) is 3. The molecule has 1 fully saturated rings. The summed E-state index contributed by atoms with van der Waals surface area (Å²) in [5.74, 6) is 0.0304. The fraction of sp³-hybridized carbons (Fsp3) is 0.571. The monoisotopic (exact) mass is 253 g/mol. The van der Waals surface area contributed by atoms with Gasteiger partial charge in [0.05, 0.1) is 0 Å². The van der Waals surface area contributed by atoms with Crippen LogP contribution in [0.25, 0.3) is 0 Å². The Morgan fingerprint density at radius 3 is 2.83 bits per heavy atom. The van der Waals surface area contributed by atoms with Crippen molar-refractivity contribution in [3.8, 4) is 5.75 Å². The van der Waals surface area contributed by atoms with Crippen molar-refractivity contribution in [1.29, 1.82) is 0 Å². The van der Waals surface area contributed by atoms with Crippen LogP contribution in [0.1, 0.15) is 24.8 Å². The van der Waals surface area contributed by atoms with Gasteiger partial charge in [0.25, 0.3) is 0 Å². The van der Waals surface area contributed by atoms with E-state index in [-0.39, 0.29) is 12.4 Å². The minimum Gasteiger partial charge on any atom is -0.505 e. The van der Waals surface area contributed by atoms with Gasteiger partial charge in [-0.3, -0.25) is 0 Å². The van der Waals surface area contributed by atoms with E-state index in [4.69, 9.17) is 0 Å². The average molecular weight is 253 g/mol. The number of rotatable bonds is 5. The zero-order chi connectivity index (χ0) is 13.0. The van der Waals surface area contributed by atoms with Gasteiger partial charge < -0.3 is 15.5 Å². The highest BCUT2D eigenvalue weighted by Crippen LogP contribution is 2.30. The lowest BCUT2D eigenvalue weighted by Gasteiger charge is -2.18. The molecule has 2 atom stereocenters. The summed E-state index contributed by atoms with van der Waals surface area (Å²) in [4.78, 5) is 0. The molecule has 1 aliphatic carbocycles. The highest BCUT2D eigenvalue weighted by atomic mass is 19.1. The van der Waals surface area contributed by atoms with Crippen LogP contribution in [0, 0.1) is 17.7 Å². The zero-order valence-electron chi connectivity index (χ0n) is 10.4. The maximum absolute atomic E-state index is 13.1. The van der Waals surface area contributed by atoms with E-state index in [1.54, 1.807) is 12.1 Å². The van der Waals surface area contributed by atoms with E-state index in [0.717, 1.165) is 19.4 Å². The SMILES string of the molecule is OCC1CCCC1CNCc1cccc(F)c1O. The summed E-state index contributed by atoms with van der Waals surface area (Å²) in [6.45, 7) is 1.51. The Bertz CT molecular complexity index is 397. The predicted molar refractivity (Wildman–Crippen MR) is 67.7 cm³/mol. The molecule has 1 aliphatic rings. The number of para-hydroxylation sites is 1. The van der Waals surface area contributed by atoms with Gasteiger partial charge in [0.15, 0.2) is 11.6 Å². The van der Waals surface area contributed by atoms with Gasteiger partial charge in [-0.05, 0) is 37.3 Å². The number of aliphatic hydroxyl groups excluding tert-OH is 1. The zero-order valence-corrected chi connectivity index (χ0v) is 10.4. The molecule has 2 unspecified atom stereocenters. The first-order valence-corrected chi connectivity index (χ1v) is 6.50. The van der Waals surface area contributed by atoms with Crippen molar-refractivity contribution in [2.24, 2.45) is 11.8 Å². The molecule has 0 radical (unpaired) electrons. The molecular weight excluding hydrogens is 233 g/mol. The summed E-state index contributed by atoms with van der Waals surface area (Å²) in [7, 11) is 0. The topological polar surface area (TPSA) is 52.5 Å². The van der Waals surface area contributed by atoms with Crippen molar-refractivity contribution < 1.29 is 14.6 Å². The van der Waals surface area contributed by atoms with Crippen molar-refractivity contribution in [2.45, 2.75) is 25.8 Å². The Labute approximate surface area is 107 Å². The minimum absolute atomic E-state index is 0.248. The van der Waals surface area contributed by atoms with E-state index in [1.165, 1.54) is 12.5 Å². The summed E-state index contributed by atoms with van der Waals surface area (Å²) in [5.41, 5.74) is 0.577. The Hall–Kier alpha value is -1.13. The lowest BCUT2D eigenvalue weighted by Crippen LogP contribution is -2.26. The summed E-state index contributed by atoms with van der Waals surface area (Å²) >= 11 is 0. The molecule has 100 valence electrons. The second-order valence-corrected chi connectivity index (χ2v) is 5.01. The molecule has 1 aromatic rings. The number of halogens is 1. The van der Waals surface area contributed by atoms with E-state index in [1.807, 2.05) is 0 Å². The number of benzene rings is 1. The van der Waals surface area contributed by atoms with Gasteiger partial charge in [-0.15, -0.1) is 0 Å². The van der Waals surface area contributed by atoms with Crippen LogP contribution >= 0.6 is 0 Å². The molecule has 1 saturated carbocycles. The van der Waals surface area contributed by atoms with Crippen molar-refractivity contribution in [1.82, 2.24) is 5.32 Å². The first kappa shape index (κ1) is 13.3. The van der Waals surface area contributed by atoms with Crippen molar-refractivity contribution in [3.63, 3.8) is 0 Å². The maximum Gasteiger partial charge on any atom is 0.165 e. The lowest BCUT2D eigenvalue weighted by atomic mass is 9.97. The van der Waals surface area contributed by atoms with E-state index in [0.29, 0.717) is 23.9 Å². The molecule has 0 aliphatic heterocycles. The maximum atomic E-state index is 13.1. The molecule has 0 spiro atoms. The Morgan fingerprint density at radius 1 is 1.28 bits per heavy atom. The highest BCUT2D eigenvalue weighted by molar-refractivity contribution is 5.33. The molecular formula is C14H20FNO2. The fourth-order valence-corrected chi connectivity index (χ4v) is 2.72. The molecule has 2 rings (SSSR count). The fourth-order valence-electron chi connectivity index (χ4n) is 2.72. The molecule has 0 heterocycles. The lowest BCUT2D eigenvalue weighted by molar-refractivity contribution is 0.192. The molecule has 3 N–H and O–H groups in total. The molecule has 18 heavy (non-hydrogen) atoms. The molecule has 0 saturated heterocycles. The van der Waals surface area contributed by atoms with Crippen LogP contribution in [0.4, 0.5) is 4.39 Å². The van der Waals surface area contributed by atoms with Crippen LogP contribution < -0.4 is 5.32 Å². The van der Waals surface area contributed by atoms with Gasteiger partial charge in [-0.1, -0.05) is 18.6 Å². The summed E-state index contributed by atoms with van der Waals surface area (Å²) in [6, 6.07) is 4.55. The number of phenols is 1. The van der Waals surface area contributed by atoms with Crippen LogP contribution in [0.5, 0.6) is 5.75 Å². The first-order valence-electron chi connectivity index (χ1n) is 6.50. The summed E-state index contributed by atoms with van der Waals surface area (Å²) < 4.78 is 13.1. The van der Waals surface area contributed by atoms with Crippen molar-refractivity contribution in [2.75, 3.05) is 13.2 Å². The van der Waals surface area contributed by atoms with Crippen LogP contribution in [0.3, 0.4) is 0 Å². The predicted octanol–water partition coefficient (Wildman–Crippen LogP) is 2.03. The second kappa shape index (κ2) is 6.16. The smallest absolute Gasteiger partial charge is 0.165 e. The van der Waals surface area contributed by atoms with Gasteiger partial charge in [-0.2, -0.15) is 0 Å². The number of aliphatic hydroxyl groups is 1. The van der Waals surface area contributed by atoms with Gasteiger partial charge in [0.2, 0.25) is 0 Å². The summed E-state index contributed by atoms with van der Waals surface area (Å²) in [5, 5.41) is 22.0. The van der Waals surface area contributed by atoms with E-state index in [2.05, 4.69) is 5.32 Å². The van der Waals surface area contributed by atoms with Crippen molar-refractivity contribution >= 4 is 0 Å². The van der Waals surface area contributed by atoms with Crippen LogP contribution in [-0.2, 0) is 6.54 Å². The normalized spacial score (nSPS) is 23.4. The standard InChI is InChI=1S/C14H20FNO2/c15-13-6-2-4-11(14(13)18)8-16-7-10-3-1-5-12(10)9-17/h2,4,6,10,12,16-18H,1,3,5,7-9H2. The van der Waals surface area contributed by atoms with E-state index in [9.17, 15) is 14.6 Å². The van der Waals surface area contributed by atoms with Crippen LogP contribution in [0.15, 0.2) is 18.2 Å². The third-order valence-electron chi connectivity index (χ3n) is 3.84. The van der Waals surface area contributed by atoms with Gasteiger partial charge in [0.1, 0.15) is 0 Å². The Kier molecular flexibility index (Phi) is 4.55. The molecule has 0 aromatic heterocycles. The third-order valence-corrected chi connectivity index (χ3v) is 3.84. The van der Waals surface area contributed by atoms with E-state index < -0.39 is 5.82 Å². The number of hydrogen-bond acceptors (Lipinski definition) is 3. The molecule has 0 amide bonds. The first-order chi connectivity index (χ1) is 8.72. The molecule has 3 nitrogen and oxygen atoms in total. The van der Waals surface area contributed by atoms with E-state index >= 15 is 0 Å². The van der Waals surface area contributed by atoms with Crippen LogP contribution in [-0.4, -0.2) is 23.4 Å². The molecule has 4 heteroatoms. The Balaban J connectivity index is 1.83. The average Bonchev–Trinajstić information content (AvgIpc) is 2.82. The van der Waals surface area contributed by atoms with Crippen molar-refractivity contribution in [3.05, 3.63) is 29.6 Å². The number of phenolic OH excluding ortho intramolecular Hbond substituents is 1. The second-order valence-electron chi connectivity index (χ2n) is 5.01. The van der Waals surface area contributed by atoms with Gasteiger partial charge in [-0.25, -0.2) is 4.39 Å². The number of aromatic hydroxyl groups is 1. The van der Waals surface area contributed by atoms with Crippen LogP contribution in [0.2, 0.25) is 0 Å². The molecule has 1 aromatic carbocycles. The quantitative estimate of drug-likeness (QED) is 0.752. The Morgan fingerprint density at radius 2 is 2.06 bits per heavy atom. The highest BCUT2D eigenvalue weighted by Gasteiger charge is 2.25. The molecule has 0 bridgehead atoms.